The van der Waals surface area contributed by atoms with E-state index in [9.17, 15) is 18.6 Å². The standard InChI is InChI=1S/C19H23IO6S/c1-11(5-12-6-14(20)19(22)16(7-12)25-2)3-4-15-18-13(8-21)10-27(23,24)17(18)9-26-15/h5-7,15,17,21-22H,3-4,8-10H2,1-2H3/b11-5+/t15-,17+/m1/s1. The van der Waals surface area contributed by atoms with E-state index in [1.807, 2.05) is 19.1 Å². The molecule has 0 radical (unpaired) electrons. The summed E-state index contributed by atoms with van der Waals surface area (Å²) in [5.41, 5.74) is 3.40. The van der Waals surface area contributed by atoms with Crippen molar-refractivity contribution in [2.45, 2.75) is 31.1 Å². The molecule has 0 aliphatic carbocycles. The number of rotatable bonds is 6. The third kappa shape index (κ3) is 4.18. The molecule has 148 valence electrons. The van der Waals surface area contributed by atoms with Gasteiger partial charge in [-0.15, -0.1) is 0 Å². The van der Waals surface area contributed by atoms with E-state index < -0.39 is 15.1 Å². The second-order valence-electron chi connectivity index (χ2n) is 6.92. The van der Waals surface area contributed by atoms with Gasteiger partial charge in [0.25, 0.3) is 0 Å². The Bertz CT molecular complexity index is 903. The van der Waals surface area contributed by atoms with Gasteiger partial charge in [-0.25, -0.2) is 8.42 Å². The van der Waals surface area contributed by atoms with E-state index in [0.717, 1.165) is 23.1 Å². The van der Waals surface area contributed by atoms with Crippen LogP contribution in [0.15, 0.2) is 28.9 Å². The molecule has 1 fully saturated rings. The van der Waals surface area contributed by atoms with Gasteiger partial charge in [-0.3, -0.25) is 0 Å². The van der Waals surface area contributed by atoms with Crippen LogP contribution in [0.2, 0.25) is 0 Å². The molecule has 2 aliphatic heterocycles. The maximum absolute atomic E-state index is 12.2. The summed E-state index contributed by atoms with van der Waals surface area (Å²) in [5.74, 6) is 0.505. The Morgan fingerprint density at radius 1 is 1.44 bits per heavy atom. The fourth-order valence-corrected chi connectivity index (χ4v) is 6.26. The number of methoxy groups -OCH3 is 1. The third-order valence-electron chi connectivity index (χ3n) is 5.04. The highest BCUT2D eigenvalue weighted by Crippen LogP contribution is 2.38. The van der Waals surface area contributed by atoms with Crippen molar-refractivity contribution in [3.8, 4) is 11.5 Å². The molecule has 0 bridgehead atoms. The average molecular weight is 506 g/mol. The smallest absolute Gasteiger partial charge is 0.171 e. The van der Waals surface area contributed by atoms with Gasteiger partial charge in [0.1, 0.15) is 5.25 Å². The molecule has 2 heterocycles. The monoisotopic (exact) mass is 506 g/mol. The summed E-state index contributed by atoms with van der Waals surface area (Å²) in [5, 5.41) is 18.9. The average Bonchev–Trinajstić information content (AvgIpc) is 3.15. The predicted octanol–water partition coefficient (Wildman–Crippen LogP) is 2.67. The number of phenolic OH excluding ortho intramolecular Hbond substituents is 1. The van der Waals surface area contributed by atoms with Crippen LogP contribution in [0.4, 0.5) is 0 Å². The Morgan fingerprint density at radius 2 is 2.19 bits per heavy atom. The summed E-state index contributed by atoms with van der Waals surface area (Å²) in [6.45, 7) is 1.96. The highest BCUT2D eigenvalue weighted by molar-refractivity contribution is 14.1. The van der Waals surface area contributed by atoms with Gasteiger partial charge in [0.2, 0.25) is 0 Å². The number of allylic oxidation sites excluding steroid dienone is 1. The van der Waals surface area contributed by atoms with Crippen LogP contribution >= 0.6 is 22.6 Å². The Morgan fingerprint density at radius 3 is 2.85 bits per heavy atom. The zero-order valence-electron chi connectivity index (χ0n) is 15.2. The molecular formula is C19H23IO6S. The zero-order chi connectivity index (χ0) is 19.8. The van der Waals surface area contributed by atoms with E-state index in [1.165, 1.54) is 7.11 Å². The van der Waals surface area contributed by atoms with Crippen LogP contribution < -0.4 is 4.74 Å². The SMILES string of the molecule is COc1cc(/C=C(\C)CC[C@H]2OC[C@H]3C2=C(CO)CS3(=O)=O)cc(I)c1O. The summed E-state index contributed by atoms with van der Waals surface area (Å²) in [4.78, 5) is 0. The van der Waals surface area contributed by atoms with Gasteiger partial charge in [-0.2, -0.15) is 0 Å². The minimum absolute atomic E-state index is 0.0517. The number of hydrogen-bond donors (Lipinski definition) is 2. The molecule has 2 aliphatic rings. The predicted molar refractivity (Wildman–Crippen MR) is 112 cm³/mol. The fourth-order valence-electron chi connectivity index (χ4n) is 3.69. The minimum Gasteiger partial charge on any atom is -0.504 e. The molecular weight excluding hydrogens is 483 g/mol. The van der Waals surface area contributed by atoms with Crippen molar-refractivity contribution in [2.24, 2.45) is 0 Å². The lowest BCUT2D eigenvalue weighted by molar-refractivity contribution is 0.117. The van der Waals surface area contributed by atoms with Gasteiger partial charge in [-0.1, -0.05) is 11.6 Å². The minimum atomic E-state index is -3.23. The number of aromatic hydroxyl groups is 1. The molecule has 6 nitrogen and oxygen atoms in total. The molecule has 0 aromatic heterocycles. The highest BCUT2D eigenvalue weighted by atomic mass is 127. The summed E-state index contributed by atoms with van der Waals surface area (Å²) in [6, 6.07) is 3.65. The topological polar surface area (TPSA) is 93.1 Å². The highest BCUT2D eigenvalue weighted by Gasteiger charge is 2.46. The molecule has 1 aromatic rings. The molecule has 2 N–H and O–H groups in total. The molecule has 2 atom stereocenters. The van der Waals surface area contributed by atoms with Gasteiger partial charge in [0.15, 0.2) is 21.3 Å². The van der Waals surface area contributed by atoms with Gasteiger partial charge in [-0.05, 0) is 71.2 Å². The largest absolute Gasteiger partial charge is 0.504 e. The number of halogens is 1. The van der Waals surface area contributed by atoms with E-state index in [2.05, 4.69) is 22.6 Å². The summed E-state index contributed by atoms with van der Waals surface area (Å²) < 4.78 is 36.0. The van der Waals surface area contributed by atoms with Crippen molar-refractivity contribution in [1.29, 1.82) is 0 Å². The van der Waals surface area contributed by atoms with Crippen LogP contribution in [-0.2, 0) is 14.6 Å². The number of hydrogen-bond acceptors (Lipinski definition) is 6. The first-order valence-corrected chi connectivity index (χ1v) is 11.5. The molecule has 0 amide bonds. The lowest BCUT2D eigenvalue weighted by Crippen LogP contribution is -2.19. The van der Waals surface area contributed by atoms with Crippen LogP contribution in [0.1, 0.15) is 25.3 Å². The molecule has 3 rings (SSSR count). The van der Waals surface area contributed by atoms with Crippen molar-refractivity contribution in [1.82, 2.24) is 0 Å². The fraction of sp³-hybridized carbons (Fsp3) is 0.474. The molecule has 27 heavy (non-hydrogen) atoms. The number of benzene rings is 1. The number of ether oxygens (including phenoxy) is 2. The first kappa shape index (κ1) is 20.6. The van der Waals surface area contributed by atoms with Gasteiger partial charge in [0.05, 0.1) is 35.8 Å². The second-order valence-corrected chi connectivity index (χ2v) is 10.3. The van der Waals surface area contributed by atoms with Crippen LogP contribution in [0.3, 0.4) is 0 Å². The van der Waals surface area contributed by atoms with Gasteiger partial charge in [0, 0.05) is 0 Å². The first-order valence-electron chi connectivity index (χ1n) is 8.66. The summed E-state index contributed by atoms with van der Waals surface area (Å²) >= 11 is 2.06. The second kappa shape index (κ2) is 8.10. The Labute approximate surface area is 172 Å². The maximum atomic E-state index is 12.2. The van der Waals surface area contributed by atoms with Crippen molar-refractivity contribution in [3.63, 3.8) is 0 Å². The lowest BCUT2D eigenvalue weighted by atomic mass is 9.97. The van der Waals surface area contributed by atoms with E-state index in [4.69, 9.17) is 9.47 Å². The van der Waals surface area contributed by atoms with Crippen LogP contribution in [0.25, 0.3) is 6.08 Å². The van der Waals surface area contributed by atoms with E-state index >= 15 is 0 Å². The van der Waals surface area contributed by atoms with Gasteiger partial charge < -0.3 is 19.7 Å². The number of aliphatic hydroxyl groups excluding tert-OH is 1. The number of phenols is 1. The summed E-state index contributed by atoms with van der Waals surface area (Å²) in [6.07, 6.45) is 3.16. The molecule has 1 saturated heterocycles. The van der Waals surface area contributed by atoms with Crippen LogP contribution in [-0.4, -0.2) is 56.1 Å². The van der Waals surface area contributed by atoms with Gasteiger partial charge >= 0.3 is 0 Å². The van der Waals surface area contributed by atoms with E-state index in [0.29, 0.717) is 21.3 Å². The normalized spacial score (nSPS) is 24.4. The van der Waals surface area contributed by atoms with E-state index in [-0.39, 0.29) is 30.8 Å². The quantitative estimate of drug-likeness (QED) is 0.456. The summed E-state index contributed by atoms with van der Waals surface area (Å²) in [7, 11) is -1.72. The Balaban J connectivity index is 1.72. The van der Waals surface area contributed by atoms with Crippen LogP contribution in [0.5, 0.6) is 11.5 Å². The molecule has 0 spiro atoms. The van der Waals surface area contributed by atoms with Crippen molar-refractivity contribution in [2.75, 3.05) is 26.1 Å². The van der Waals surface area contributed by atoms with Crippen LogP contribution in [0, 0.1) is 3.57 Å². The van der Waals surface area contributed by atoms with Crippen molar-refractivity contribution < 1.29 is 28.1 Å². The molecule has 0 unspecified atom stereocenters. The Kier molecular flexibility index (Phi) is 6.19. The maximum Gasteiger partial charge on any atom is 0.171 e. The number of fused-ring (bicyclic) bond motifs is 1. The Hall–Kier alpha value is -1.10. The zero-order valence-corrected chi connectivity index (χ0v) is 18.2. The van der Waals surface area contributed by atoms with E-state index in [1.54, 1.807) is 6.07 Å². The molecule has 1 aromatic carbocycles. The number of aliphatic hydroxyl groups is 1. The first-order chi connectivity index (χ1) is 12.8. The lowest BCUT2D eigenvalue weighted by Gasteiger charge is -2.13. The molecule has 0 saturated carbocycles. The number of sulfone groups is 1. The van der Waals surface area contributed by atoms with Crippen molar-refractivity contribution in [3.05, 3.63) is 38.0 Å². The van der Waals surface area contributed by atoms with Crippen molar-refractivity contribution >= 4 is 38.5 Å². The molecule has 8 heteroatoms. The third-order valence-corrected chi connectivity index (χ3v) is 7.87.